The van der Waals surface area contributed by atoms with E-state index in [1.165, 1.54) is 48.7 Å². The number of methoxy groups -OCH3 is 1. The molecule has 0 saturated carbocycles. The van der Waals surface area contributed by atoms with Gasteiger partial charge in [-0.05, 0) is 130 Å². The molecule has 408 valence electrons. The number of carbonyl (C=O) groups is 4. The Morgan fingerprint density at radius 3 is 2.16 bits per heavy atom. The zero-order valence-corrected chi connectivity index (χ0v) is 46.1. The van der Waals surface area contributed by atoms with Crippen LogP contribution in [0.5, 0.6) is 51.7 Å². The number of fused-ring (bicyclic) bond motifs is 4. The smallest absolute Gasteiger partial charge is 0.326 e. The van der Waals surface area contributed by atoms with Gasteiger partial charge in [-0.1, -0.05) is 65.7 Å². The van der Waals surface area contributed by atoms with Crippen molar-refractivity contribution in [3.8, 4) is 62.9 Å². The second-order valence-corrected chi connectivity index (χ2v) is 20.6. The van der Waals surface area contributed by atoms with Crippen molar-refractivity contribution < 1.29 is 68.1 Å². The van der Waals surface area contributed by atoms with E-state index in [0.29, 0.717) is 74.7 Å². The Labute approximate surface area is 483 Å². The van der Waals surface area contributed by atoms with Crippen LogP contribution in [0.15, 0.2) is 177 Å². The first kappa shape index (κ1) is 56.6. The molecule has 9 aromatic rings. The summed E-state index contributed by atoms with van der Waals surface area (Å²) < 4.78 is 27.5. The molecule has 1 aliphatic carbocycles. The van der Waals surface area contributed by atoms with E-state index in [1.54, 1.807) is 116 Å². The molecule has 0 saturated heterocycles. The molecular weight excluding hydrogens is 1170 g/mol. The molecule has 0 radical (unpaired) electrons. The van der Waals surface area contributed by atoms with Gasteiger partial charge in [0.15, 0.2) is 28.8 Å². The van der Waals surface area contributed by atoms with Crippen LogP contribution in [0.4, 0.5) is 0 Å². The SMILES string of the molecule is COc1ccc(-c2coc3cc(O)cc(O)c3c2=O)cc1.O=C(/C=C/c1cc(Cl)c2c(c1)OCCO2)c1ccc(O)cc1.O=C1/C(=C/c2cc(Br)cs2)Cc2c(O)cccc21.O=C1Oc2cc(O)ccc2C(=O)C1c1ccc(Cl)cc1. The normalized spacial score (nSPS) is 14.3. The fraction of sp³-hybridized carbons (Fsp3) is 0.0806. The Morgan fingerprint density at radius 1 is 0.728 bits per heavy atom. The molecule has 0 fully saturated rings. The van der Waals surface area contributed by atoms with Crippen LogP contribution in [0.25, 0.3) is 34.2 Å². The zero-order valence-electron chi connectivity index (χ0n) is 42.2. The molecule has 0 spiro atoms. The van der Waals surface area contributed by atoms with Crippen molar-refractivity contribution in [2.75, 3.05) is 20.3 Å². The standard InChI is InChI=1S/C17H13ClO4.C16H12O5.C15H9ClO4.C14H9BrO2S/c18-14-9-11(10-16-17(14)22-8-7-21-16)1-6-15(20)12-2-4-13(19)5-3-12;1-20-11-4-2-9(3-5-11)12-8-21-14-7-10(17)6-13(18)15(14)16(12)19;16-9-3-1-8(2-4-9)13-14(18)11-6-5-10(17)7-12(11)20-15(13)19;15-9-6-10(18-7-9)4-8-5-12-11(14(8)17)2-1-3-13(12)16/h1-6,9-10,19H,7-8H2;2-8,17-18H,1H3;1-7,13,17H;1-4,6-7,16H,5H2/b6-1+;;;8-4+. The fourth-order valence-corrected chi connectivity index (χ4v) is 10.4. The molecule has 12 rings (SSSR count). The van der Waals surface area contributed by atoms with Crippen LogP contribution >= 0.6 is 50.5 Å². The van der Waals surface area contributed by atoms with Crippen molar-refractivity contribution in [3.63, 3.8) is 0 Å². The van der Waals surface area contributed by atoms with Crippen LogP contribution in [0.1, 0.15) is 58.6 Å². The van der Waals surface area contributed by atoms with E-state index in [1.807, 2.05) is 17.5 Å². The lowest BCUT2D eigenvalue weighted by Crippen LogP contribution is -2.31. The van der Waals surface area contributed by atoms with Crippen LogP contribution in [-0.4, -0.2) is 69.2 Å². The Bertz CT molecular complexity index is 4020. The summed E-state index contributed by atoms with van der Waals surface area (Å²) in [5.41, 5.74) is 4.91. The summed E-state index contributed by atoms with van der Waals surface area (Å²) in [5, 5.41) is 50.6. The topological polar surface area (TPSA) is 237 Å². The lowest BCUT2D eigenvalue weighted by Gasteiger charge is -2.22. The predicted molar refractivity (Wildman–Crippen MR) is 310 cm³/mol. The van der Waals surface area contributed by atoms with Crippen LogP contribution < -0.4 is 24.4 Å². The molecule has 0 amide bonds. The van der Waals surface area contributed by atoms with Gasteiger partial charge < -0.3 is 48.9 Å². The Kier molecular flexibility index (Phi) is 17.4. The first-order valence-corrected chi connectivity index (χ1v) is 26.7. The number of ketones is 3. The van der Waals surface area contributed by atoms with Gasteiger partial charge in [-0.25, -0.2) is 0 Å². The van der Waals surface area contributed by atoms with E-state index in [4.69, 9.17) is 46.6 Å². The number of thiophene rings is 1. The largest absolute Gasteiger partial charge is 0.508 e. The van der Waals surface area contributed by atoms with E-state index in [9.17, 15) is 49.5 Å². The molecule has 1 unspecified atom stereocenters. The van der Waals surface area contributed by atoms with Gasteiger partial charge in [0.05, 0.1) is 23.3 Å². The number of phenols is 5. The number of ether oxygens (including phenoxy) is 4. The number of esters is 1. The number of carbonyl (C=O) groups excluding carboxylic acids is 4. The Balaban J connectivity index is 0.000000131. The van der Waals surface area contributed by atoms with Crippen LogP contribution in [-0.2, 0) is 11.2 Å². The molecule has 3 aliphatic rings. The van der Waals surface area contributed by atoms with Crippen molar-refractivity contribution in [2.24, 2.45) is 0 Å². The number of hydrogen-bond donors (Lipinski definition) is 5. The van der Waals surface area contributed by atoms with Crippen molar-refractivity contribution in [1.29, 1.82) is 0 Å². The van der Waals surface area contributed by atoms with Gasteiger partial charge in [0.25, 0.3) is 0 Å². The highest BCUT2D eigenvalue weighted by Crippen LogP contribution is 2.40. The summed E-state index contributed by atoms with van der Waals surface area (Å²) in [7, 11) is 1.56. The molecule has 4 heterocycles. The van der Waals surface area contributed by atoms with E-state index >= 15 is 0 Å². The van der Waals surface area contributed by atoms with Crippen LogP contribution in [0.3, 0.4) is 0 Å². The molecule has 15 nitrogen and oxygen atoms in total. The quantitative estimate of drug-likeness (QED) is 0.0328. The van der Waals surface area contributed by atoms with Crippen molar-refractivity contribution in [3.05, 3.63) is 226 Å². The van der Waals surface area contributed by atoms with Crippen molar-refractivity contribution >= 4 is 96.9 Å². The average Bonchev–Trinajstić information content (AvgIpc) is 4.02. The highest BCUT2D eigenvalue weighted by atomic mass is 79.9. The predicted octanol–water partition coefficient (Wildman–Crippen LogP) is 13.6. The lowest BCUT2D eigenvalue weighted by molar-refractivity contribution is -0.135. The second kappa shape index (κ2) is 24.9. The summed E-state index contributed by atoms with van der Waals surface area (Å²) in [6.45, 7) is 0.949. The Morgan fingerprint density at radius 2 is 1.46 bits per heavy atom. The molecule has 0 bridgehead atoms. The minimum atomic E-state index is -0.996. The molecular formula is C62H43BrCl2O15S. The molecule has 19 heteroatoms. The van der Waals surface area contributed by atoms with E-state index in [2.05, 4.69) is 15.9 Å². The first-order valence-electron chi connectivity index (χ1n) is 24.3. The van der Waals surface area contributed by atoms with Gasteiger partial charge >= 0.3 is 5.97 Å². The van der Waals surface area contributed by atoms with E-state index in [0.717, 1.165) is 32.1 Å². The second-order valence-electron chi connectivity index (χ2n) is 17.9. The number of phenolic OH excluding ortho intramolecular Hbond substituents is 5. The van der Waals surface area contributed by atoms with E-state index < -0.39 is 11.9 Å². The highest BCUT2D eigenvalue weighted by molar-refractivity contribution is 9.10. The van der Waals surface area contributed by atoms with Crippen LogP contribution in [0.2, 0.25) is 10.0 Å². The summed E-state index contributed by atoms with van der Waals surface area (Å²) in [6, 6.07) is 36.5. The maximum absolute atomic E-state index is 12.5. The maximum atomic E-state index is 12.5. The summed E-state index contributed by atoms with van der Waals surface area (Å²) in [6.07, 6.45) is 6.84. The number of Topliss-reactive ketones (excluding diaryl/α,β-unsaturated/α-hetero) is 2. The summed E-state index contributed by atoms with van der Waals surface area (Å²) >= 11 is 16.9. The third-order valence-corrected chi connectivity index (χ3v) is 14.7. The number of hydrogen-bond acceptors (Lipinski definition) is 16. The number of rotatable bonds is 7. The zero-order chi connectivity index (χ0) is 57.5. The Hall–Kier alpha value is -9.13. The van der Waals surface area contributed by atoms with E-state index in [-0.39, 0.29) is 73.8 Å². The van der Waals surface area contributed by atoms with Crippen molar-refractivity contribution in [1.82, 2.24) is 0 Å². The molecule has 7 aromatic carbocycles. The van der Waals surface area contributed by atoms with Gasteiger partial charge in [-0.15, -0.1) is 11.3 Å². The third-order valence-electron chi connectivity index (χ3n) is 12.5. The van der Waals surface area contributed by atoms with Crippen LogP contribution in [0, 0.1) is 0 Å². The summed E-state index contributed by atoms with van der Waals surface area (Å²) in [4.78, 5) is 62.2. The minimum absolute atomic E-state index is 0.0189. The van der Waals surface area contributed by atoms with Gasteiger partial charge in [0.2, 0.25) is 5.43 Å². The number of allylic oxidation sites excluding steroid dienone is 2. The first-order chi connectivity index (χ1) is 38.9. The number of benzene rings is 7. The monoisotopic (exact) mass is 1210 g/mol. The highest BCUT2D eigenvalue weighted by Gasteiger charge is 2.38. The number of aromatic hydroxyl groups is 5. The molecule has 2 aliphatic heterocycles. The average molecular weight is 1210 g/mol. The lowest BCUT2D eigenvalue weighted by atomic mass is 9.88. The maximum Gasteiger partial charge on any atom is 0.326 e. The number of halogens is 3. The third kappa shape index (κ3) is 13.2. The van der Waals surface area contributed by atoms with Crippen molar-refractivity contribution in [2.45, 2.75) is 12.3 Å². The van der Waals surface area contributed by atoms with Gasteiger partial charge in [0, 0.05) is 66.6 Å². The summed E-state index contributed by atoms with van der Waals surface area (Å²) in [5.74, 6) is -0.471. The van der Waals surface area contributed by atoms with Gasteiger partial charge in [-0.3, -0.25) is 24.0 Å². The van der Waals surface area contributed by atoms with Gasteiger partial charge in [0.1, 0.15) is 76.6 Å². The molecule has 1 atom stereocenters. The minimum Gasteiger partial charge on any atom is -0.508 e. The fourth-order valence-electron chi connectivity index (χ4n) is 8.59. The van der Waals surface area contributed by atoms with Gasteiger partial charge in [-0.2, -0.15) is 0 Å². The molecule has 81 heavy (non-hydrogen) atoms. The molecule has 5 N–H and O–H groups in total. The molecule has 2 aromatic heterocycles.